The topological polar surface area (TPSA) is 82.1 Å². The van der Waals surface area contributed by atoms with Crippen LogP contribution in [0.15, 0.2) is 30.3 Å². The molecule has 0 bridgehead atoms. The number of benzene rings is 1. The Morgan fingerprint density at radius 1 is 1.15 bits per heavy atom. The highest BCUT2D eigenvalue weighted by Crippen LogP contribution is 2.35. The smallest absolute Gasteiger partial charge is 0.411 e. The van der Waals surface area contributed by atoms with Crippen LogP contribution >= 0.6 is 0 Å². The largest absolute Gasteiger partial charge is 0.467 e. The van der Waals surface area contributed by atoms with Crippen LogP contribution in [0.3, 0.4) is 0 Å². The number of ether oxygens (including phenoxy) is 3. The zero-order chi connectivity index (χ0) is 19.0. The molecule has 1 aliphatic heterocycles. The Morgan fingerprint density at radius 2 is 1.88 bits per heavy atom. The van der Waals surface area contributed by atoms with Gasteiger partial charge in [-0.1, -0.05) is 30.3 Å². The van der Waals surface area contributed by atoms with E-state index in [1.807, 2.05) is 30.3 Å². The molecule has 1 unspecified atom stereocenters. The van der Waals surface area contributed by atoms with Crippen LogP contribution in [0.4, 0.5) is 4.79 Å². The number of methoxy groups -OCH3 is 1. The maximum absolute atomic E-state index is 12.6. The van der Waals surface area contributed by atoms with Crippen molar-refractivity contribution in [1.29, 1.82) is 0 Å². The summed E-state index contributed by atoms with van der Waals surface area (Å²) in [5.74, 6) is -0.934. The lowest BCUT2D eigenvalue weighted by atomic mass is 9.90. The number of esters is 2. The van der Waals surface area contributed by atoms with E-state index in [0.29, 0.717) is 19.4 Å². The van der Waals surface area contributed by atoms with Gasteiger partial charge in [0, 0.05) is 13.0 Å². The summed E-state index contributed by atoms with van der Waals surface area (Å²) in [7, 11) is 1.28. The Bertz CT molecular complexity index is 632. The molecule has 1 heterocycles. The molecule has 1 amide bonds. The molecule has 1 aromatic carbocycles. The summed E-state index contributed by atoms with van der Waals surface area (Å²) >= 11 is 0. The number of hydrogen-bond acceptors (Lipinski definition) is 6. The molecule has 0 aliphatic carbocycles. The average molecular weight is 363 g/mol. The van der Waals surface area contributed by atoms with E-state index in [0.717, 1.165) is 5.56 Å². The Labute approximate surface area is 153 Å². The van der Waals surface area contributed by atoms with Crippen molar-refractivity contribution in [3.63, 3.8) is 0 Å². The molecule has 7 heteroatoms. The van der Waals surface area contributed by atoms with E-state index in [2.05, 4.69) is 0 Å². The minimum absolute atomic E-state index is 0.0331. The fourth-order valence-corrected chi connectivity index (χ4v) is 3.25. The van der Waals surface area contributed by atoms with Gasteiger partial charge in [-0.3, -0.25) is 9.69 Å². The molecule has 0 saturated carbocycles. The standard InChI is InChI=1S/C19H25NO6/c1-3-25-16(21)10-12-19(17(22)24-2)11-7-13-20(19)18(23)26-14-15-8-5-4-6-9-15/h4-6,8-9H,3,7,10-14H2,1-2H3. The molecule has 1 atom stereocenters. The number of hydrogen-bond donors (Lipinski definition) is 0. The normalized spacial score (nSPS) is 19.1. The van der Waals surface area contributed by atoms with Gasteiger partial charge in [0.15, 0.2) is 0 Å². The van der Waals surface area contributed by atoms with E-state index >= 15 is 0 Å². The summed E-state index contributed by atoms with van der Waals surface area (Å²) in [5, 5.41) is 0. The molecule has 142 valence electrons. The Balaban J connectivity index is 2.08. The molecule has 1 saturated heterocycles. The Hall–Kier alpha value is -2.57. The van der Waals surface area contributed by atoms with Crippen LogP contribution in [0.5, 0.6) is 0 Å². The predicted octanol–water partition coefficient (Wildman–Crippen LogP) is 2.67. The zero-order valence-corrected chi connectivity index (χ0v) is 15.2. The summed E-state index contributed by atoms with van der Waals surface area (Å²) < 4.78 is 15.2. The van der Waals surface area contributed by atoms with Crippen LogP contribution in [-0.2, 0) is 30.4 Å². The number of amides is 1. The van der Waals surface area contributed by atoms with Gasteiger partial charge in [0.05, 0.1) is 13.7 Å². The van der Waals surface area contributed by atoms with E-state index < -0.39 is 23.6 Å². The molecule has 1 aliphatic rings. The van der Waals surface area contributed by atoms with Crippen molar-refractivity contribution in [3.8, 4) is 0 Å². The summed E-state index contributed by atoms with van der Waals surface area (Å²) in [6.45, 7) is 2.49. The molecule has 0 radical (unpaired) electrons. The third-order valence-electron chi connectivity index (χ3n) is 4.53. The molecule has 0 aromatic heterocycles. The van der Waals surface area contributed by atoms with Gasteiger partial charge in [0.2, 0.25) is 0 Å². The summed E-state index contributed by atoms with van der Waals surface area (Å²) in [6, 6.07) is 9.30. The van der Waals surface area contributed by atoms with Crippen molar-refractivity contribution in [1.82, 2.24) is 4.90 Å². The third-order valence-corrected chi connectivity index (χ3v) is 4.53. The molecule has 1 fully saturated rings. The SMILES string of the molecule is CCOC(=O)CCC1(C(=O)OC)CCCN1C(=O)OCc1ccccc1. The fourth-order valence-electron chi connectivity index (χ4n) is 3.25. The highest BCUT2D eigenvalue weighted by molar-refractivity contribution is 5.87. The number of carbonyl (C=O) groups is 3. The van der Waals surface area contributed by atoms with Crippen molar-refractivity contribution in [2.24, 2.45) is 0 Å². The Kier molecular flexibility index (Phi) is 7.00. The van der Waals surface area contributed by atoms with Crippen LogP contribution in [0.25, 0.3) is 0 Å². The van der Waals surface area contributed by atoms with Crippen LogP contribution in [-0.4, -0.2) is 48.7 Å². The first kappa shape index (κ1) is 19.8. The van der Waals surface area contributed by atoms with Gasteiger partial charge in [-0.25, -0.2) is 9.59 Å². The highest BCUT2D eigenvalue weighted by Gasteiger charge is 2.51. The van der Waals surface area contributed by atoms with Crippen LogP contribution < -0.4 is 0 Å². The monoisotopic (exact) mass is 363 g/mol. The van der Waals surface area contributed by atoms with Crippen LogP contribution in [0, 0.1) is 0 Å². The molecular formula is C19H25NO6. The number of nitrogens with zero attached hydrogens (tertiary/aromatic N) is 1. The van der Waals surface area contributed by atoms with E-state index in [4.69, 9.17) is 14.2 Å². The quantitative estimate of drug-likeness (QED) is 0.547. The van der Waals surface area contributed by atoms with Crippen molar-refractivity contribution in [2.45, 2.75) is 44.8 Å². The van der Waals surface area contributed by atoms with Gasteiger partial charge in [-0.05, 0) is 31.7 Å². The molecule has 0 spiro atoms. The fraction of sp³-hybridized carbons (Fsp3) is 0.526. The molecule has 7 nitrogen and oxygen atoms in total. The van der Waals surface area contributed by atoms with Gasteiger partial charge < -0.3 is 14.2 Å². The number of rotatable bonds is 7. The average Bonchev–Trinajstić information content (AvgIpc) is 3.10. The molecule has 1 aromatic rings. The first-order chi connectivity index (χ1) is 12.5. The van der Waals surface area contributed by atoms with E-state index in [-0.39, 0.29) is 26.1 Å². The predicted molar refractivity (Wildman–Crippen MR) is 93.2 cm³/mol. The van der Waals surface area contributed by atoms with E-state index in [1.165, 1.54) is 12.0 Å². The minimum atomic E-state index is -1.19. The first-order valence-corrected chi connectivity index (χ1v) is 8.76. The van der Waals surface area contributed by atoms with E-state index in [9.17, 15) is 14.4 Å². The lowest BCUT2D eigenvalue weighted by Crippen LogP contribution is -2.54. The summed E-state index contributed by atoms with van der Waals surface area (Å²) in [4.78, 5) is 38.2. The molecule has 26 heavy (non-hydrogen) atoms. The van der Waals surface area contributed by atoms with Gasteiger partial charge in [0.1, 0.15) is 12.1 Å². The lowest BCUT2D eigenvalue weighted by molar-refractivity contribution is -0.154. The van der Waals surface area contributed by atoms with Crippen LogP contribution in [0.1, 0.15) is 38.2 Å². The third kappa shape index (κ3) is 4.53. The second-order valence-electron chi connectivity index (χ2n) is 6.12. The summed E-state index contributed by atoms with van der Waals surface area (Å²) in [6.07, 6.45) is 0.669. The van der Waals surface area contributed by atoms with Gasteiger partial charge in [0.25, 0.3) is 0 Å². The van der Waals surface area contributed by atoms with Gasteiger partial charge >= 0.3 is 18.0 Å². The van der Waals surface area contributed by atoms with Crippen LogP contribution in [0.2, 0.25) is 0 Å². The zero-order valence-electron chi connectivity index (χ0n) is 15.2. The second kappa shape index (κ2) is 9.22. The number of likely N-dealkylation sites (tertiary alicyclic amines) is 1. The maximum Gasteiger partial charge on any atom is 0.411 e. The van der Waals surface area contributed by atoms with Gasteiger partial charge in [-0.2, -0.15) is 0 Å². The lowest BCUT2D eigenvalue weighted by Gasteiger charge is -2.35. The van der Waals surface area contributed by atoms with Crippen molar-refractivity contribution < 1.29 is 28.6 Å². The molecular weight excluding hydrogens is 338 g/mol. The van der Waals surface area contributed by atoms with Crippen molar-refractivity contribution >= 4 is 18.0 Å². The highest BCUT2D eigenvalue weighted by atomic mass is 16.6. The minimum Gasteiger partial charge on any atom is -0.467 e. The van der Waals surface area contributed by atoms with Crippen molar-refractivity contribution in [3.05, 3.63) is 35.9 Å². The molecule has 0 N–H and O–H groups in total. The number of carbonyl (C=O) groups excluding carboxylic acids is 3. The van der Waals surface area contributed by atoms with E-state index in [1.54, 1.807) is 6.92 Å². The van der Waals surface area contributed by atoms with Crippen molar-refractivity contribution in [2.75, 3.05) is 20.3 Å². The molecule has 2 rings (SSSR count). The maximum atomic E-state index is 12.6. The summed E-state index contributed by atoms with van der Waals surface area (Å²) in [5.41, 5.74) is -0.329. The van der Waals surface area contributed by atoms with Gasteiger partial charge in [-0.15, -0.1) is 0 Å². The first-order valence-electron chi connectivity index (χ1n) is 8.76. The second-order valence-corrected chi connectivity index (χ2v) is 6.12. The Morgan fingerprint density at radius 3 is 2.54 bits per heavy atom.